The Balaban J connectivity index is 2.12. The molecule has 0 atom stereocenters. The number of hydrogen-bond acceptors (Lipinski definition) is 2. The van der Waals surface area contributed by atoms with Crippen LogP contribution in [0.5, 0.6) is 5.75 Å². The molecule has 2 nitrogen and oxygen atoms in total. The SMILES string of the molecule is Cc1ccc(CN)c(OCc2cccc(Br)c2)c1. The van der Waals surface area contributed by atoms with Crippen LogP contribution >= 0.6 is 15.9 Å². The van der Waals surface area contributed by atoms with Gasteiger partial charge in [0.25, 0.3) is 0 Å². The molecule has 0 aromatic heterocycles. The van der Waals surface area contributed by atoms with Crippen molar-refractivity contribution in [2.24, 2.45) is 5.73 Å². The molecule has 0 fully saturated rings. The minimum atomic E-state index is 0.494. The van der Waals surface area contributed by atoms with Gasteiger partial charge >= 0.3 is 0 Å². The van der Waals surface area contributed by atoms with Crippen molar-refractivity contribution in [2.45, 2.75) is 20.1 Å². The van der Waals surface area contributed by atoms with E-state index in [0.29, 0.717) is 13.2 Å². The molecule has 2 rings (SSSR count). The quantitative estimate of drug-likeness (QED) is 0.932. The molecule has 0 heterocycles. The van der Waals surface area contributed by atoms with E-state index in [4.69, 9.17) is 10.5 Å². The van der Waals surface area contributed by atoms with Gasteiger partial charge in [-0.3, -0.25) is 0 Å². The average molecular weight is 306 g/mol. The van der Waals surface area contributed by atoms with Crippen LogP contribution < -0.4 is 10.5 Å². The van der Waals surface area contributed by atoms with E-state index < -0.39 is 0 Å². The fraction of sp³-hybridized carbons (Fsp3) is 0.200. The molecule has 18 heavy (non-hydrogen) atoms. The summed E-state index contributed by atoms with van der Waals surface area (Å²) in [5, 5.41) is 0. The fourth-order valence-electron chi connectivity index (χ4n) is 1.75. The van der Waals surface area contributed by atoms with Crippen molar-refractivity contribution in [1.29, 1.82) is 0 Å². The number of halogens is 1. The predicted octanol–water partition coefficient (Wildman–Crippen LogP) is 3.80. The van der Waals surface area contributed by atoms with E-state index in [-0.39, 0.29) is 0 Å². The Morgan fingerprint density at radius 2 is 2.00 bits per heavy atom. The molecule has 0 saturated carbocycles. The first-order chi connectivity index (χ1) is 8.69. The third kappa shape index (κ3) is 3.34. The first-order valence-corrected chi connectivity index (χ1v) is 6.65. The summed E-state index contributed by atoms with van der Waals surface area (Å²) in [5.74, 6) is 0.873. The van der Waals surface area contributed by atoms with Crippen molar-refractivity contribution < 1.29 is 4.74 Å². The summed E-state index contributed by atoms with van der Waals surface area (Å²) in [6, 6.07) is 14.2. The van der Waals surface area contributed by atoms with Crippen LogP contribution in [0.4, 0.5) is 0 Å². The second-order valence-corrected chi connectivity index (χ2v) is 5.15. The lowest BCUT2D eigenvalue weighted by Crippen LogP contribution is -2.03. The molecule has 0 radical (unpaired) electrons. The molecule has 0 spiro atoms. The van der Waals surface area contributed by atoms with E-state index in [1.54, 1.807) is 0 Å². The highest BCUT2D eigenvalue weighted by atomic mass is 79.9. The molecule has 0 saturated heterocycles. The Morgan fingerprint density at radius 3 is 2.72 bits per heavy atom. The maximum absolute atomic E-state index is 5.85. The summed E-state index contributed by atoms with van der Waals surface area (Å²) in [6.07, 6.45) is 0. The molecule has 94 valence electrons. The van der Waals surface area contributed by atoms with Gasteiger partial charge in [0.1, 0.15) is 12.4 Å². The molecule has 2 aromatic carbocycles. The highest BCUT2D eigenvalue weighted by molar-refractivity contribution is 9.10. The van der Waals surface area contributed by atoms with Crippen molar-refractivity contribution in [3.8, 4) is 5.75 Å². The van der Waals surface area contributed by atoms with Crippen LogP contribution in [0.25, 0.3) is 0 Å². The van der Waals surface area contributed by atoms with E-state index >= 15 is 0 Å². The Bertz CT molecular complexity index is 540. The summed E-state index contributed by atoms with van der Waals surface area (Å²) in [6.45, 7) is 3.09. The van der Waals surface area contributed by atoms with E-state index in [9.17, 15) is 0 Å². The smallest absolute Gasteiger partial charge is 0.124 e. The molecule has 0 amide bonds. The van der Waals surface area contributed by atoms with Gasteiger partial charge in [-0.05, 0) is 36.2 Å². The molecule has 0 bridgehead atoms. The van der Waals surface area contributed by atoms with Crippen molar-refractivity contribution in [2.75, 3.05) is 0 Å². The summed E-state index contributed by atoms with van der Waals surface area (Å²) < 4.78 is 6.91. The Labute approximate surface area is 116 Å². The van der Waals surface area contributed by atoms with Gasteiger partial charge in [-0.2, -0.15) is 0 Å². The zero-order chi connectivity index (χ0) is 13.0. The third-order valence-corrected chi connectivity index (χ3v) is 3.22. The molecule has 0 aliphatic carbocycles. The minimum Gasteiger partial charge on any atom is -0.489 e. The summed E-state index contributed by atoms with van der Waals surface area (Å²) in [5.41, 5.74) is 9.05. The number of nitrogens with two attached hydrogens (primary N) is 1. The van der Waals surface area contributed by atoms with Crippen LogP contribution in [0, 0.1) is 6.92 Å². The van der Waals surface area contributed by atoms with Crippen LogP contribution in [0.15, 0.2) is 46.9 Å². The van der Waals surface area contributed by atoms with Gasteiger partial charge < -0.3 is 10.5 Å². The van der Waals surface area contributed by atoms with Crippen molar-refractivity contribution in [1.82, 2.24) is 0 Å². The molecular weight excluding hydrogens is 290 g/mol. The second-order valence-electron chi connectivity index (χ2n) is 4.23. The van der Waals surface area contributed by atoms with Gasteiger partial charge in [0.05, 0.1) is 0 Å². The van der Waals surface area contributed by atoms with Crippen LogP contribution in [0.1, 0.15) is 16.7 Å². The number of hydrogen-bond donors (Lipinski definition) is 1. The molecule has 0 aliphatic heterocycles. The summed E-state index contributed by atoms with van der Waals surface area (Å²) in [7, 11) is 0. The lowest BCUT2D eigenvalue weighted by atomic mass is 10.1. The topological polar surface area (TPSA) is 35.2 Å². The number of aryl methyl sites for hydroxylation is 1. The number of ether oxygens (including phenoxy) is 1. The van der Waals surface area contributed by atoms with Gasteiger partial charge in [-0.15, -0.1) is 0 Å². The first-order valence-electron chi connectivity index (χ1n) is 5.86. The lowest BCUT2D eigenvalue weighted by molar-refractivity contribution is 0.303. The molecule has 0 aliphatic rings. The van der Waals surface area contributed by atoms with Crippen molar-refractivity contribution >= 4 is 15.9 Å². The van der Waals surface area contributed by atoms with Gasteiger partial charge in [-0.1, -0.05) is 40.2 Å². The maximum Gasteiger partial charge on any atom is 0.124 e. The number of rotatable bonds is 4. The van der Waals surface area contributed by atoms with E-state index in [1.165, 1.54) is 5.56 Å². The zero-order valence-corrected chi connectivity index (χ0v) is 11.9. The van der Waals surface area contributed by atoms with Gasteiger partial charge in [0.2, 0.25) is 0 Å². The van der Waals surface area contributed by atoms with Crippen molar-refractivity contribution in [3.05, 3.63) is 63.6 Å². The zero-order valence-electron chi connectivity index (χ0n) is 10.3. The molecule has 0 unspecified atom stereocenters. The lowest BCUT2D eigenvalue weighted by Gasteiger charge is -2.11. The Morgan fingerprint density at radius 1 is 1.17 bits per heavy atom. The van der Waals surface area contributed by atoms with Crippen LogP contribution in [-0.4, -0.2) is 0 Å². The average Bonchev–Trinajstić information content (AvgIpc) is 2.37. The molecule has 2 N–H and O–H groups in total. The third-order valence-electron chi connectivity index (χ3n) is 2.73. The highest BCUT2D eigenvalue weighted by Crippen LogP contribution is 2.21. The molecule has 3 heteroatoms. The minimum absolute atomic E-state index is 0.494. The van der Waals surface area contributed by atoms with E-state index in [1.807, 2.05) is 43.3 Å². The second kappa shape index (κ2) is 6.03. The molecule has 2 aromatic rings. The van der Waals surface area contributed by atoms with Crippen LogP contribution in [-0.2, 0) is 13.2 Å². The van der Waals surface area contributed by atoms with E-state index in [0.717, 1.165) is 21.3 Å². The summed E-state index contributed by atoms with van der Waals surface area (Å²) >= 11 is 3.45. The Kier molecular flexibility index (Phi) is 4.39. The first kappa shape index (κ1) is 13.1. The summed E-state index contributed by atoms with van der Waals surface area (Å²) in [4.78, 5) is 0. The van der Waals surface area contributed by atoms with E-state index in [2.05, 4.69) is 22.0 Å². The number of benzene rings is 2. The molecular formula is C15H16BrNO. The van der Waals surface area contributed by atoms with Gasteiger partial charge in [0.15, 0.2) is 0 Å². The van der Waals surface area contributed by atoms with Gasteiger partial charge in [0, 0.05) is 16.6 Å². The van der Waals surface area contributed by atoms with Crippen molar-refractivity contribution in [3.63, 3.8) is 0 Å². The largest absolute Gasteiger partial charge is 0.489 e. The highest BCUT2D eigenvalue weighted by Gasteiger charge is 2.03. The van der Waals surface area contributed by atoms with Crippen LogP contribution in [0.2, 0.25) is 0 Å². The predicted molar refractivity (Wildman–Crippen MR) is 77.5 cm³/mol. The standard InChI is InChI=1S/C15H16BrNO/c1-11-5-6-13(9-17)15(7-11)18-10-12-3-2-4-14(16)8-12/h2-8H,9-10,17H2,1H3. The van der Waals surface area contributed by atoms with Gasteiger partial charge in [-0.25, -0.2) is 0 Å². The monoisotopic (exact) mass is 305 g/mol. The van der Waals surface area contributed by atoms with Crippen LogP contribution in [0.3, 0.4) is 0 Å². The fourth-order valence-corrected chi connectivity index (χ4v) is 2.20. The maximum atomic E-state index is 5.85. The normalized spacial score (nSPS) is 10.4. The Hall–Kier alpha value is -1.32.